The van der Waals surface area contributed by atoms with Crippen LogP contribution >= 0.6 is 0 Å². The first kappa shape index (κ1) is 35.0. The van der Waals surface area contributed by atoms with Crippen molar-refractivity contribution in [2.75, 3.05) is 26.4 Å². The van der Waals surface area contributed by atoms with E-state index in [9.17, 15) is 51.1 Å². The average molecular weight is 674 g/mol. The Hall–Kier alpha value is -0.800. The van der Waals surface area contributed by atoms with Crippen LogP contribution in [-0.2, 0) is 42.6 Å². The summed E-state index contributed by atoms with van der Waals surface area (Å²) in [6.07, 6.45) is -27.1. The Morgan fingerprint density at radius 3 is 1.89 bits per heavy atom. The van der Waals surface area contributed by atoms with Crippen molar-refractivity contribution in [3.05, 3.63) is 0 Å². The number of ether oxygens (including phenoxy) is 9. The Kier molecular flexibility index (Phi) is 10.3. The number of nitrogens with two attached hydrogens (primary N) is 1. The first-order valence-corrected chi connectivity index (χ1v) is 15.1. The maximum Gasteiger partial charge on any atom is 0.213 e. The van der Waals surface area contributed by atoms with Crippen LogP contribution in [0.4, 0.5) is 0 Å². The van der Waals surface area contributed by atoms with Crippen molar-refractivity contribution in [3.8, 4) is 0 Å². The van der Waals surface area contributed by atoms with Crippen molar-refractivity contribution < 1.29 is 93.7 Å². The molecule has 21 atom stereocenters. The number of fused-ring (bicyclic) bond motifs is 4. The highest BCUT2D eigenvalue weighted by Gasteiger charge is 2.63. The summed E-state index contributed by atoms with van der Waals surface area (Å²) in [4.78, 5) is 0. The van der Waals surface area contributed by atoms with Gasteiger partial charge in [-0.05, 0) is 6.92 Å². The molecule has 46 heavy (non-hydrogen) atoms. The van der Waals surface area contributed by atoms with Crippen LogP contribution in [0.25, 0.3) is 0 Å². The van der Waals surface area contributed by atoms with Gasteiger partial charge in [0.25, 0.3) is 0 Å². The average Bonchev–Trinajstić information content (AvgIpc) is 3.51. The largest absolute Gasteiger partial charge is 0.394 e. The van der Waals surface area contributed by atoms with E-state index in [-0.39, 0.29) is 13.2 Å². The Balaban J connectivity index is 1.16. The summed E-state index contributed by atoms with van der Waals surface area (Å²) in [6, 6.07) is -1.15. The van der Waals surface area contributed by atoms with E-state index in [1.807, 2.05) is 0 Å². The molecule has 0 amide bonds. The summed E-state index contributed by atoms with van der Waals surface area (Å²) in [5.74, 6) is -2.18. The highest BCUT2D eigenvalue weighted by atomic mass is 16.8. The zero-order chi connectivity index (χ0) is 33.2. The molecule has 266 valence electrons. The lowest BCUT2D eigenvalue weighted by Crippen LogP contribution is -2.73. The van der Waals surface area contributed by atoms with Crippen molar-refractivity contribution in [1.29, 1.82) is 0 Å². The van der Waals surface area contributed by atoms with Gasteiger partial charge < -0.3 is 99.4 Å². The van der Waals surface area contributed by atoms with E-state index in [1.165, 1.54) is 6.92 Å². The molecule has 0 radical (unpaired) electrons. The second-order valence-corrected chi connectivity index (χ2v) is 12.5. The highest BCUT2D eigenvalue weighted by Crippen LogP contribution is 2.41. The van der Waals surface area contributed by atoms with Gasteiger partial charge in [0, 0.05) is 0 Å². The molecule has 6 rings (SSSR count). The summed E-state index contributed by atoms with van der Waals surface area (Å²) in [6.45, 7) is -0.255. The third-order valence-electron chi connectivity index (χ3n) is 9.50. The maximum atomic E-state index is 11.2. The molecular weight excluding hydrogens is 630 g/mol. The van der Waals surface area contributed by atoms with Crippen LogP contribution in [0.15, 0.2) is 0 Å². The lowest BCUT2D eigenvalue weighted by atomic mass is 9.88. The zero-order valence-corrected chi connectivity index (χ0v) is 24.6. The quantitative estimate of drug-likeness (QED) is 0.108. The maximum absolute atomic E-state index is 11.2. The molecule has 4 bridgehead atoms. The van der Waals surface area contributed by atoms with Crippen LogP contribution in [0.1, 0.15) is 6.92 Å². The Morgan fingerprint density at radius 1 is 0.674 bits per heavy atom. The van der Waals surface area contributed by atoms with Crippen LogP contribution in [-0.4, -0.2) is 206 Å². The molecule has 6 fully saturated rings. The van der Waals surface area contributed by atoms with Gasteiger partial charge in [0.15, 0.2) is 18.9 Å². The molecular formula is C26H43NO19. The fourth-order valence-corrected chi connectivity index (χ4v) is 6.88. The Morgan fingerprint density at radius 2 is 1.26 bits per heavy atom. The van der Waals surface area contributed by atoms with Crippen LogP contribution < -0.4 is 5.73 Å². The van der Waals surface area contributed by atoms with Crippen molar-refractivity contribution in [3.63, 3.8) is 0 Å². The number of aliphatic hydroxyl groups excluding tert-OH is 10. The molecule has 0 saturated carbocycles. The van der Waals surface area contributed by atoms with Gasteiger partial charge in [0.05, 0.1) is 32.5 Å². The second kappa shape index (κ2) is 13.5. The number of aliphatic hydroxyl groups is 10. The molecule has 0 aromatic rings. The summed E-state index contributed by atoms with van der Waals surface area (Å²) in [7, 11) is 0. The topological polar surface area (TPSA) is 311 Å². The fourth-order valence-electron chi connectivity index (χ4n) is 6.88. The summed E-state index contributed by atoms with van der Waals surface area (Å²) in [5, 5.41) is 105. The normalized spacial score (nSPS) is 56.2. The second-order valence-electron chi connectivity index (χ2n) is 12.5. The minimum absolute atomic E-state index is 0.0289. The van der Waals surface area contributed by atoms with E-state index < -0.39 is 142 Å². The lowest BCUT2D eigenvalue weighted by Gasteiger charge is -2.52. The minimum atomic E-state index is -2.18. The van der Waals surface area contributed by atoms with Crippen LogP contribution in [0.2, 0.25) is 0 Å². The first-order chi connectivity index (χ1) is 21.8. The standard InChI is InChI=1S/C26H43NO19/c1-6(27)26(22(36)13(32)11(30)8(3-29)45-26)46-18-10-5-39-21(18)16(35)25(42-10)44-19-12(31)7(2-28)41-24(15(19)34)43-17-9-4-38-20(17)14(33)23(37)40-9/h6-25,28-37H,2-5,27H2,1H3/t6?,7-,8-,9+,10+,11+,12-,13+,14+,15-,16+,17+,18+,19+,20+,21+,22-,23-,24+,25+,26+/m1/s1. The summed E-state index contributed by atoms with van der Waals surface area (Å²) in [5.41, 5.74) is 6.11. The van der Waals surface area contributed by atoms with Crippen molar-refractivity contribution in [1.82, 2.24) is 0 Å². The number of rotatable bonds is 9. The summed E-state index contributed by atoms with van der Waals surface area (Å²) < 4.78 is 51.4. The van der Waals surface area contributed by atoms with E-state index in [0.29, 0.717) is 0 Å². The van der Waals surface area contributed by atoms with Gasteiger partial charge in [-0.3, -0.25) is 0 Å². The third-order valence-corrected chi connectivity index (χ3v) is 9.50. The smallest absolute Gasteiger partial charge is 0.213 e. The SMILES string of the molecule is CC(N)[C@@]1(O[C@@H]2[C@H]3OC[C@@H]2O[C@@H](O[C@@H]2[C@@H](O)[C@H](O[C@@H]4[C@H]5OC[C@@H]4O[C@@H](O)[C@H]5O)O[C@H](CO)[C@H]2O)[C@H]3O)O[C@H](CO)[C@H](O)[C@H](O)[C@H]1O. The molecule has 6 aliphatic rings. The van der Waals surface area contributed by atoms with E-state index in [0.717, 1.165) is 0 Å². The Labute approximate surface area is 261 Å². The molecule has 0 spiro atoms. The molecule has 6 saturated heterocycles. The fraction of sp³-hybridized carbons (Fsp3) is 1.00. The van der Waals surface area contributed by atoms with Crippen molar-refractivity contribution in [2.24, 2.45) is 5.73 Å². The third kappa shape index (κ3) is 5.80. The molecule has 12 N–H and O–H groups in total. The van der Waals surface area contributed by atoms with Crippen molar-refractivity contribution in [2.45, 2.75) is 135 Å². The van der Waals surface area contributed by atoms with E-state index in [2.05, 4.69) is 0 Å². The highest BCUT2D eigenvalue weighted by molar-refractivity contribution is 5.05. The molecule has 1 unspecified atom stereocenters. The first-order valence-electron chi connectivity index (χ1n) is 15.1. The number of hydrogen-bond donors (Lipinski definition) is 11. The molecule has 6 heterocycles. The molecule has 0 aliphatic carbocycles. The lowest BCUT2D eigenvalue weighted by molar-refractivity contribution is -0.402. The van der Waals surface area contributed by atoms with E-state index >= 15 is 0 Å². The van der Waals surface area contributed by atoms with Gasteiger partial charge in [-0.25, -0.2) is 0 Å². The van der Waals surface area contributed by atoms with Gasteiger partial charge in [-0.2, -0.15) is 0 Å². The summed E-state index contributed by atoms with van der Waals surface area (Å²) >= 11 is 0. The predicted octanol–water partition coefficient (Wildman–Crippen LogP) is -7.94. The van der Waals surface area contributed by atoms with Crippen LogP contribution in [0.3, 0.4) is 0 Å². The Bertz CT molecular complexity index is 1040. The molecule has 0 aromatic carbocycles. The zero-order valence-electron chi connectivity index (χ0n) is 24.6. The van der Waals surface area contributed by atoms with Crippen LogP contribution in [0, 0.1) is 0 Å². The monoisotopic (exact) mass is 673 g/mol. The molecule has 0 aromatic heterocycles. The minimum Gasteiger partial charge on any atom is -0.394 e. The molecule has 6 aliphatic heterocycles. The van der Waals surface area contributed by atoms with Gasteiger partial charge in [-0.15, -0.1) is 0 Å². The van der Waals surface area contributed by atoms with Crippen LogP contribution in [0.5, 0.6) is 0 Å². The number of hydrogen-bond acceptors (Lipinski definition) is 20. The van der Waals surface area contributed by atoms with E-state index in [4.69, 9.17) is 48.4 Å². The van der Waals surface area contributed by atoms with E-state index in [1.54, 1.807) is 0 Å². The van der Waals surface area contributed by atoms with Gasteiger partial charge in [-0.1, -0.05) is 0 Å². The van der Waals surface area contributed by atoms with Gasteiger partial charge >= 0.3 is 0 Å². The molecule has 20 heteroatoms. The predicted molar refractivity (Wildman–Crippen MR) is 140 cm³/mol. The molecule has 20 nitrogen and oxygen atoms in total. The van der Waals surface area contributed by atoms with Crippen molar-refractivity contribution >= 4 is 0 Å². The van der Waals surface area contributed by atoms with Gasteiger partial charge in [0.2, 0.25) is 5.79 Å². The van der Waals surface area contributed by atoms with Gasteiger partial charge in [0.1, 0.15) is 97.7 Å².